The number of benzene rings is 1. The summed E-state index contributed by atoms with van der Waals surface area (Å²) in [5.41, 5.74) is 2.84. The summed E-state index contributed by atoms with van der Waals surface area (Å²) in [5.74, 6) is -0.341. The lowest BCUT2D eigenvalue weighted by atomic mass is 9.99. The predicted octanol–water partition coefficient (Wildman–Crippen LogP) is 3.49. The van der Waals surface area contributed by atoms with Crippen LogP contribution in [0.3, 0.4) is 0 Å². The van der Waals surface area contributed by atoms with Crippen molar-refractivity contribution in [1.29, 1.82) is 0 Å². The van der Waals surface area contributed by atoms with Crippen molar-refractivity contribution in [1.82, 2.24) is 10.3 Å². The van der Waals surface area contributed by atoms with Crippen molar-refractivity contribution in [3.63, 3.8) is 0 Å². The minimum atomic E-state index is -0.341. The molecule has 0 amide bonds. The average Bonchev–Trinajstić information content (AvgIpc) is 2.28. The van der Waals surface area contributed by atoms with Crippen molar-refractivity contribution < 1.29 is 4.39 Å². The number of halogens is 2. The lowest BCUT2D eigenvalue weighted by Gasteiger charge is -2.17. The van der Waals surface area contributed by atoms with Gasteiger partial charge in [0.25, 0.3) is 0 Å². The highest BCUT2D eigenvalue weighted by molar-refractivity contribution is 6.30. The molecule has 1 heterocycles. The summed E-state index contributed by atoms with van der Waals surface area (Å²) in [6, 6.07) is 7.15. The summed E-state index contributed by atoms with van der Waals surface area (Å²) in [4.78, 5) is 3.88. The topological polar surface area (TPSA) is 24.9 Å². The van der Waals surface area contributed by atoms with E-state index in [0.29, 0.717) is 5.02 Å². The highest BCUT2D eigenvalue weighted by atomic mass is 35.5. The fourth-order valence-electron chi connectivity index (χ4n) is 2.04. The first-order chi connectivity index (χ1) is 8.60. The maximum Gasteiger partial charge on any atom is 0.141 e. The van der Waals surface area contributed by atoms with Crippen LogP contribution >= 0.6 is 11.6 Å². The SMILES string of the molecule is CNC(c1cncc(F)c1)c1cc(C)cc(Cl)c1. The first-order valence-corrected chi connectivity index (χ1v) is 6.03. The quantitative estimate of drug-likeness (QED) is 0.918. The molecule has 1 aromatic carbocycles. The van der Waals surface area contributed by atoms with Crippen LogP contribution in [0.15, 0.2) is 36.7 Å². The lowest BCUT2D eigenvalue weighted by molar-refractivity contribution is 0.608. The molecule has 0 saturated heterocycles. The molecule has 0 aliphatic carbocycles. The number of hydrogen-bond acceptors (Lipinski definition) is 2. The van der Waals surface area contributed by atoms with E-state index in [1.54, 1.807) is 6.20 Å². The zero-order valence-corrected chi connectivity index (χ0v) is 11.0. The van der Waals surface area contributed by atoms with Gasteiger partial charge >= 0.3 is 0 Å². The Kier molecular flexibility index (Phi) is 3.94. The maximum atomic E-state index is 13.2. The van der Waals surface area contributed by atoms with E-state index in [4.69, 9.17) is 11.6 Å². The Labute approximate surface area is 111 Å². The number of aryl methyl sites for hydroxylation is 1. The second-order valence-electron chi connectivity index (χ2n) is 4.22. The van der Waals surface area contributed by atoms with Crippen LogP contribution in [0.2, 0.25) is 5.02 Å². The molecule has 1 N–H and O–H groups in total. The molecule has 0 fully saturated rings. The first-order valence-electron chi connectivity index (χ1n) is 5.65. The molecular formula is C14H14ClFN2. The number of hydrogen-bond donors (Lipinski definition) is 1. The van der Waals surface area contributed by atoms with Crippen molar-refractivity contribution in [2.24, 2.45) is 0 Å². The molecular weight excluding hydrogens is 251 g/mol. The minimum absolute atomic E-state index is 0.120. The molecule has 0 saturated carbocycles. The van der Waals surface area contributed by atoms with Crippen LogP contribution in [0.1, 0.15) is 22.7 Å². The van der Waals surface area contributed by atoms with Crippen molar-refractivity contribution in [2.45, 2.75) is 13.0 Å². The summed E-state index contributed by atoms with van der Waals surface area (Å²) >= 11 is 6.05. The second kappa shape index (κ2) is 5.46. The van der Waals surface area contributed by atoms with Gasteiger partial charge in [0.15, 0.2) is 0 Å². The third-order valence-corrected chi connectivity index (χ3v) is 2.96. The van der Waals surface area contributed by atoms with E-state index in [-0.39, 0.29) is 11.9 Å². The standard InChI is InChI=1S/C14H14ClFN2/c1-9-3-10(5-12(15)4-9)14(17-2)11-6-13(16)8-18-7-11/h3-8,14,17H,1-2H3. The van der Waals surface area contributed by atoms with Crippen LogP contribution in [0.4, 0.5) is 4.39 Å². The Morgan fingerprint density at radius 2 is 1.94 bits per heavy atom. The molecule has 1 aromatic heterocycles. The van der Waals surface area contributed by atoms with E-state index < -0.39 is 0 Å². The molecule has 18 heavy (non-hydrogen) atoms. The molecule has 0 aliphatic heterocycles. The van der Waals surface area contributed by atoms with Crippen molar-refractivity contribution in [3.8, 4) is 0 Å². The van der Waals surface area contributed by atoms with Gasteiger partial charge in [-0.15, -0.1) is 0 Å². The normalized spacial score (nSPS) is 12.4. The Balaban J connectivity index is 2.45. The van der Waals surface area contributed by atoms with Crippen LogP contribution in [-0.2, 0) is 0 Å². The Bertz CT molecular complexity index is 537. The van der Waals surface area contributed by atoms with Gasteiger partial charge in [0.05, 0.1) is 12.2 Å². The number of nitrogens with zero attached hydrogens (tertiary/aromatic N) is 1. The fourth-order valence-corrected chi connectivity index (χ4v) is 2.34. The van der Waals surface area contributed by atoms with Crippen LogP contribution in [0, 0.1) is 12.7 Å². The Hall–Kier alpha value is -1.45. The molecule has 0 spiro atoms. The smallest absolute Gasteiger partial charge is 0.141 e. The van der Waals surface area contributed by atoms with E-state index in [0.717, 1.165) is 16.7 Å². The van der Waals surface area contributed by atoms with Gasteiger partial charge in [0.1, 0.15) is 5.82 Å². The highest BCUT2D eigenvalue weighted by Crippen LogP contribution is 2.25. The van der Waals surface area contributed by atoms with Gasteiger partial charge in [0.2, 0.25) is 0 Å². The monoisotopic (exact) mass is 264 g/mol. The molecule has 0 bridgehead atoms. The summed E-state index contributed by atoms with van der Waals surface area (Å²) in [6.07, 6.45) is 2.85. The zero-order valence-electron chi connectivity index (χ0n) is 10.2. The van der Waals surface area contributed by atoms with E-state index in [1.165, 1.54) is 12.3 Å². The fraction of sp³-hybridized carbons (Fsp3) is 0.214. The Morgan fingerprint density at radius 3 is 2.56 bits per heavy atom. The summed E-state index contributed by atoms with van der Waals surface area (Å²) < 4.78 is 13.2. The Morgan fingerprint density at radius 1 is 1.17 bits per heavy atom. The van der Waals surface area contributed by atoms with Crippen molar-refractivity contribution >= 4 is 11.6 Å². The van der Waals surface area contributed by atoms with Gasteiger partial charge in [-0.1, -0.05) is 17.7 Å². The molecule has 2 nitrogen and oxygen atoms in total. The molecule has 0 radical (unpaired) electrons. The predicted molar refractivity (Wildman–Crippen MR) is 71.3 cm³/mol. The van der Waals surface area contributed by atoms with Gasteiger partial charge in [-0.25, -0.2) is 4.39 Å². The van der Waals surface area contributed by atoms with Crippen LogP contribution < -0.4 is 5.32 Å². The van der Waals surface area contributed by atoms with E-state index in [9.17, 15) is 4.39 Å². The van der Waals surface area contributed by atoms with Crippen LogP contribution in [-0.4, -0.2) is 12.0 Å². The van der Waals surface area contributed by atoms with Crippen LogP contribution in [0.25, 0.3) is 0 Å². The minimum Gasteiger partial charge on any atom is -0.309 e. The molecule has 94 valence electrons. The van der Waals surface area contributed by atoms with Gasteiger partial charge < -0.3 is 5.32 Å². The molecule has 2 aromatic rings. The third-order valence-electron chi connectivity index (χ3n) is 2.75. The number of rotatable bonds is 3. The molecule has 4 heteroatoms. The van der Waals surface area contributed by atoms with Gasteiger partial charge in [-0.3, -0.25) is 4.98 Å². The molecule has 2 rings (SSSR count). The van der Waals surface area contributed by atoms with Crippen molar-refractivity contribution in [3.05, 3.63) is 64.2 Å². The number of aromatic nitrogens is 1. The highest BCUT2D eigenvalue weighted by Gasteiger charge is 2.14. The largest absolute Gasteiger partial charge is 0.309 e. The second-order valence-corrected chi connectivity index (χ2v) is 4.66. The van der Waals surface area contributed by atoms with E-state index in [2.05, 4.69) is 10.3 Å². The van der Waals surface area contributed by atoms with Crippen LogP contribution in [0.5, 0.6) is 0 Å². The lowest BCUT2D eigenvalue weighted by Crippen LogP contribution is -2.18. The van der Waals surface area contributed by atoms with Crippen molar-refractivity contribution in [2.75, 3.05) is 7.05 Å². The van der Waals surface area contributed by atoms with E-state index in [1.807, 2.05) is 32.2 Å². The van der Waals surface area contributed by atoms with Gasteiger partial charge in [-0.05, 0) is 48.9 Å². The van der Waals surface area contributed by atoms with E-state index >= 15 is 0 Å². The maximum absolute atomic E-state index is 13.2. The molecule has 1 unspecified atom stereocenters. The first kappa shape index (κ1) is 13.0. The molecule has 0 aliphatic rings. The summed E-state index contributed by atoms with van der Waals surface area (Å²) in [5, 5.41) is 3.83. The average molecular weight is 265 g/mol. The van der Waals surface area contributed by atoms with Gasteiger partial charge in [-0.2, -0.15) is 0 Å². The third kappa shape index (κ3) is 2.86. The molecule has 1 atom stereocenters. The zero-order chi connectivity index (χ0) is 13.1. The summed E-state index contributed by atoms with van der Waals surface area (Å²) in [7, 11) is 1.83. The van der Waals surface area contributed by atoms with Gasteiger partial charge in [0, 0.05) is 11.2 Å². The number of pyridine rings is 1. The summed E-state index contributed by atoms with van der Waals surface area (Å²) in [6.45, 7) is 1.98. The number of nitrogens with one attached hydrogen (secondary N) is 1.